The number of piperidine rings is 2. The van der Waals surface area contributed by atoms with Crippen LogP contribution < -0.4 is 0 Å². The van der Waals surface area contributed by atoms with Gasteiger partial charge in [0.15, 0.2) is 0 Å². The molecule has 0 aromatic rings. The summed E-state index contributed by atoms with van der Waals surface area (Å²) in [6, 6.07) is 0. The third kappa shape index (κ3) is 22.6. The molecule has 0 spiro atoms. The minimum atomic E-state index is 0. The first kappa shape index (κ1) is 57.7. The van der Waals surface area contributed by atoms with Crippen LogP contribution >= 0.6 is 0 Å². The van der Waals surface area contributed by atoms with E-state index in [0.717, 1.165) is 116 Å². The summed E-state index contributed by atoms with van der Waals surface area (Å²) in [7, 11) is 0. The van der Waals surface area contributed by atoms with Gasteiger partial charge in [0, 0.05) is 117 Å². The summed E-state index contributed by atoms with van der Waals surface area (Å²) in [5.74, 6) is 1.51. The Morgan fingerprint density at radius 1 is 0.262 bits per heavy atom. The summed E-state index contributed by atoms with van der Waals surface area (Å²) in [6.07, 6.45) is 16.9. The number of hydrogen-bond donors (Lipinski definition) is 0. The molecule has 0 unspecified atom stereocenters. The van der Waals surface area contributed by atoms with Crippen LogP contribution in [0.25, 0.3) is 0 Å². The first-order valence-corrected chi connectivity index (χ1v) is 22.2. The van der Waals surface area contributed by atoms with E-state index in [1.807, 2.05) is 29.4 Å². The number of ether oxygens (including phenoxy) is 3. The van der Waals surface area contributed by atoms with Gasteiger partial charge < -0.3 is 43.6 Å². The monoisotopic (exact) mass is 869 g/mol. The fraction of sp³-hybridized carbons (Fsp3) is 0.870. The highest BCUT2D eigenvalue weighted by atomic mass is 16.5. The second-order valence-electron chi connectivity index (χ2n) is 15.9. The van der Waals surface area contributed by atoms with Gasteiger partial charge in [0.2, 0.25) is 35.4 Å². The summed E-state index contributed by atoms with van der Waals surface area (Å²) in [6.45, 7) is 12.8. The highest BCUT2D eigenvalue weighted by molar-refractivity contribution is 5.79. The second kappa shape index (κ2) is 34.2. The van der Waals surface area contributed by atoms with Crippen LogP contribution in [0.1, 0.15) is 145 Å². The fourth-order valence-electron chi connectivity index (χ4n) is 7.98. The van der Waals surface area contributed by atoms with E-state index in [1.54, 1.807) is 0 Å². The van der Waals surface area contributed by atoms with Crippen LogP contribution in [-0.2, 0) is 43.0 Å². The molecule has 6 aliphatic rings. The number of likely N-dealkylation sites (tertiary alicyclic amines) is 6. The first-order valence-electron chi connectivity index (χ1n) is 22.2. The molecular formula is C46H88N6O9. The lowest BCUT2D eigenvalue weighted by Crippen LogP contribution is -2.39. The van der Waals surface area contributed by atoms with E-state index in [2.05, 4.69) is 0 Å². The number of amides is 6. The van der Waals surface area contributed by atoms with Crippen molar-refractivity contribution in [2.45, 2.75) is 145 Å². The van der Waals surface area contributed by atoms with Crippen LogP contribution in [0.15, 0.2) is 0 Å². The van der Waals surface area contributed by atoms with Crippen LogP contribution in [0.5, 0.6) is 0 Å². The molecule has 0 N–H and O–H groups in total. The van der Waals surface area contributed by atoms with Crippen LogP contribution in [-0.4, -0.2) is 183 Å². The van der Waals surface area contributed by atoms with Crippen LogP contribution in [0.3, 0.4) is 0 Å². The summed E-state index contributed by atoms with van der Waals surface area (Å²) >= 11 is 0. The normalized spacial score (nSPS) is 19.7. The van der Waals surface area contributed by atoms with Gasteiger partial charge in [0.05, 0.1) is 39.6 Å². The number of rotatable bonds is 18. The topological polar surface area (TPSA) is 150 Å². The van der Waals surface area contributed by atoms with Gasteiger partial charge in [-0.05, 0) is 64.2 Å². The van der Waals surface area contributed by atoms with Crippen LogP contribution in [0, 0.1) is 0 Å². The molecule has 6 fully saturated rings. The van der Waals surface area contributed by atoms with E-state index in [0.29, 0.717) is 117 Å². The zero-order chi connectivity index (χ0) is 40.5. The molecule has 6 aliphatic heterocycles. The highest BCUT2D eigenvalue weighted by Gasteiger charge is 2.22. The van der Waals surface area contributed by atoms with Gasteiger partial charge >= 0.3 is 0 Å². The molecule has 6 heterocycles. The van der Waals surface area contributed by atoms with Gasteiger partial charge in [-0.15, -0.1) is 0 Å². The van der Waals surface area contributed by atoms with Crippen molar-refractivity contribution >= 4 is 35.4 Å². The van der Waals surface area contributed by atoms with Crippen molar-refractivity contribution in [1.29, 1.82) is 0 Å². The van der Waals surface area contributed by atoms with Crippen molar-refractivity contribution in [1.82, 2.24) is 29.4 Å². The number of carbonyl (C=O) groups excluding carboxylic acids is 6. The maximum absolute atomic E-state index is 11.8. The quantitative estimate of drug-likeness (QED) is 0.160. The molecule has 0 radical (unpaired) electrons. The molecule has 0 saturated carbocycles. The number of nitrogens with zero attached hydrogens (tertiary/aromatic N) is 6. The third-order valence-electron chi connectivity index (χ3n) is 11.6. The zero-order valence-electron chi connectivity index (χ0n) is 34.8. The lowest BCUT2D eigenvalue weighted by molar-refractivity contribution is -0.135. The smallest absolute Gasteiger partial charge is 0.222 e. The molecule has 356 valence electrons. The zero-order valence-corrected chi connectivity index (χ0v) is 34.8. The Morgan fingerprint density at radius 2 is 0.443 bits per heavy atom. The SMILES string of the molecule is C.C.C.C.O=C1CCCCCN1CCOCCN1CCCCCC1=O.O=C1CCCCN1CCOCCN1CCCCC1=O.O=C1CCCN1CCOCCN1CCCC1=O. The molecule has 0 aromatic heterocycles. The molecular weight excluding hydrogens is 781 g/mol. The van der Waals surface area contributed by atoms with E-state index in [9.17, 15) is 28.8 Å². The number of carbonyl (C=O) groups is 6. The van der Waals surface area contributed by atoms with Gasteiger partial charge in [-0.3, -0.25) is 28.8 Å². The van der Waals surface area contributed by atoms with Gasteiger partial charge in [-0.1, -0.05) is 42.5 Å². The molecule has 15 nitrogen and oxygen atoms in total. The van der Waals surface area contributed by atoms with E-state index in [1.165, 1.54) is 0 Å². The maximum atomic E-state index is 11.8. The van der Waals surface area contributed by atoms with Gasteiger partial charge in [-0.25, -0.2) is 0 Å². The third-order valence-corrected chi connectivity index (χ3v) is 11.6. The van der Waals surface area contributed by atoms with Crippen molar-refractivity contribution < 1.29 is 43.0 Å². The van der Waals surface area contributed by atoms with Crippen LogP contribution in [0.4, 0.5) is 0 Å². The summed E-state index contributed by atoms with van der Waals surface area (Å²) in [4.78, 5) is 80.7. The fourth-order valence-corrected chi connectivity index (χ4v) is 7.98. The van der Waals surface area contributed by atoms with E-state index in [4.69, 9.17) is 14.2 Å². The van der Waals surface area contributed by atoms with E-state index >= 15 is 0 Å². The largest absolute Gasteiger partial charge is 0.378 e. The predicted octanol–water partition coefficient (Wildman–Crippen LogP) is 5.63. The molecule has 6 saturated heterocycles. The molecule has 0 aliphatic carbocycles. The van der Waals surface area contributed by atoms with E-state index in [-0.39, 0.29) is 65.1 Å². The highest BCUT2D eigenvalue weighted by Crippen LogP contribution is 2.14. The lowest BCUT2D eigenvalue weighted by Gasteiger charge is -2.28. The van der Waals surface area contributed by atoms with Crippen molar-refractivity contribution in [3.8, 4) is 0 Å². The Kier molecular flexibility index (Phi) is 32.4. The minimum absolute atomic E-state index is 0. The summed E-state index contributed by atoms with van der Waals surface area (Å²) in [5, 5.41) is 0. The average molecular weight is 869 g/mol. The predicted molar refractivity (Wildman–Crippen MR) is 242 cm³/mol. The number of hydrogen-bond acceptors (Lipinski definition) is 9. The van der Waals surface area contributed by atoms with Gasteiger partial charge in [-0.2, -0.15) is 0 Å². The Morgan fingerprint density at radius 3 is 0.656 bits per heavy atom. The first-order chi connectivity index (χ1) is 27.8. The Hall–Kier alpha value is -3.30. The van der Waals surface area contributed by atoms with Gasteiger partial charge in [0.25, 0.3) is 0 Å². The molecule has 15 heteroatoms. The molecule has 0 bridgehead atoms. The molecule has 0 atom stereocenters. The second-order valence-corrected chi connectivity index (χ2v) is 15.9. The van der Waals surface area contributed by atoms with Crippen molar-refractivity contribution in [3.63, 3.8) is 0 Å². The molecule has 6 rings (SSSR count). The molecule has 0 aromatic carbocycles. The van der Waals surface area contributed by atoms with Crippen molar-refractivity contribution in [2.75, 3.05) is 118 Å². The Balaban J connectivity index is 0.000000861. The van der Waals surface area contributed by atoms with E-state index < -0.39 is 0 Å². The average Bonchev–Trinajstić information content (AvgIpc) is 3.68. The Bertz CT molecular complexity index is 1170. The summed E-state index contributed by atoms with van der Waals surface area (Å²) < 4.78 is 16.6. The molecule has 6 amide bonds. The molecule has 61 heavy (non-hydrogen) atoms. The van der Waals surface area contributed by atoms with Gasteiger partial charge in [0.1, 0.15) is 0 Å². The Labute approximate surface area is 370 Å². The van der Waals surface area contributed by atoms with Crippen molar-refractivity contribution in [3.05, 3.63) is 0 Å². The maximum Gasteiger partial charge on any atom is 0.222 e. The van der Waals surface area contributed by atoms with Crippen molar-refractivity contribution in [2.24, 2.45) is 0 Å². The summed E-state index contributed by atoms with van der Waals surface area (Å²) in [5.41, 5.74) is 0. The minimum Gasteiger partial charge on any atom is -0.378 e. The standard InChI is InChI=1S/C16H28N2O3.C14H24N2O3.C12H20N2O3.4CH4/c19-15-7-3-1-5-9-17(15)11-13-21-14-12-18-10-6-2-4-8-16(18)20;17-13-5-1-3-7-15(13)9-11-19-12-10-16-8-4-2-6-14(16)18;15-11-3-1-5-13(11)7-9-17-10-8-14-6-2-4-12(14)16;;;;/h1-14H2;1-12H2;1-10H2;4*1H4. The van der Waals surface area contributed by atoms with Crippen LogP contribution in [0.2, 0.25) is 0 Å². The lowest BCUT2D eigenvalue weighted by atomic mass is 10.1.